The monoisotopic (exact) mass is 266 g/mol. The first-order chi connectivity index (χ1) is 8.56. The topological polar surface area (TPSA) is 17.1 Å². The highest BCUT2D eigenvalue weighted by atomic mass is 35.5. The summed E-state index contributed by atoms with van der Waals surface area (Å²) in [6.07, 6.45) is -0.119. The molecule has 2 aromatic rings. The van der Waals surface area contributed by atoms with Crippen molar-refractivity contribution in [1.82, 2.24) is 0 Å². The number of Topliss-reactive ketones (excluding diaryl/α,β-unsaturated/α-hetero) is 1. The van der Waals surface area contributed by atoms with E-state index in [1.54, 1.807) is 18.2 Å². The number of rotatable bonds is 3. The van der Waals surface area contributed by atoms with Crippen LogP contribution in [0.3, 0.4) is 0 Å². The van der Waals surface area contributed by atoms with E-state index in [2.05, 4.69) is 0 Å². The molecule has 2 aromatic carbocycles. The van der Waals surface area contributed by atoms with Crippen LogP contribution in [-0.4, -0.2) is 5.78 Å². The molecule has 92 valence electrons. The molecule has 0 bridgehead atoms. The van der Waals surface area contributed by atoms with Crippen molar-refractivity contribution in [3.63, 3.8) is 0 Å². The predicted molar refractivity (Wildman–Crippen MR) is 65.8 cm³/mol. The summed E-state index contributed by atoms with van der Waals surface area (Å²) in [6.45, 7) is 0. The fraction of sp³-hybridized carbons (Fsp3) is 0.0714. The molecule has 0 aliphatic rings. The molecular weight excluding hydrogens is 258 g/mol. The van der Waals surface area contributed by atoms with E-state index in [-0.39, 0.29) is 17.8 Å². The molecule has 0 radical (unpaired) electrons. The Kier molecular flexibility index (Phi) is 3.72. The van der Waals surface area contributed by atoms with Crippen LogP contribution < -0.4 is 0 Å². The minimum Gasteiger partial charge on any atom is -0.294 e. The molecule has 0 aliphatic heterocycles. The lowest BCUT2D eigenvalue weighted by Gasteiger charge is -2.03. The quantitative estimate of drug-likeness (QED) is 0.766. The average molecular weight is 267 g/mol. The molecule has 0 amide bonds. The Hall–Kier alpha value is -1.74. The molecule has 18 heavy (non-hydrogen) atoms. The molecule has 0 unspecified atom stereocenters. The second kappa shape index (κ2) is 5.27. The number of ketones is 1. The van der Waals surface area contributed by atoms with E-state index in [4.69, 9.17) is 11.6 Å². The van der Waals surface area contributed by atoms with Gasteiger partial charge in [-0.1, -0.05) is 29.8 Å². The van der Waals surface area contributed by atoms with E-state index in [1.807, 2.05) is 0 Å². The normalized spacial score (nSPS) is 10.4. The number of halogens is 3. The summed E-state index contributed by atoms with van der Waals surface area (Å²) in [6, 6.07) is 9.59. The minimum absolute atomic E-state index is 0.119. The van der Waals surface area contributed by atoms with Gasteiger partial charge in [-0.3, -0.25) is 4.79 Å². The molecule has 4 heteroatoms. The molecule has 2 rings (SSSR count). The summed E-state index contributed by atoms with van der Waals surface area (Å²) in [5.74, 6) is -1.64. The molecule has 0 aromatic heterocycles. The Morgan fingerprint density at radius 3 is 2.56 bits per heavy atom. The Balaban J connectivity index is 2.21. The Bertz CT molecular complexity index is 596. The van der Waals surface area contributed by atoms with Crippen molar-refractivity contribution in [2.45, 2.75) is 6.42 Å². The van der Waals surface area contributed by atoms with Gasteiger partial charge in [-0.25, -0.2) is 8.78 Å². The summed E-state index contributed by atoms with van der Waals surface area (Å²) in [5, 5.41) is 0.445. The third-order valence-corrected chi connectivity index (χ3v) is 2.75. The lowest BCUT2D eigenvalue weighted by molar-refractivity contribution is 0.0991. The van der Waals surface area contributed by atoms with Crippen LogP contribution in [0.15, 0.2) is 42.5 Å². The molecule has 0 spiro atoms. The van der Waals surface area contributed by atoms with Gasteiger partial charge in [-0.15, -0.1) is 0 Å². The SMILES string of the molecule is O=C(Cc1ccc(F)cc1F)c1cccc(Cl)c1. The van der Waals surface area contributed by atoms with Gasteiger partial charge in [0.15, 0.2) is 5.78 Å². The Morgan fingerprint density at radius 1 is 1.11 bits per heavy atom. The largest absolute Gasteiger partial charge is 0.294 e. The maximum Gasteiger partial charge on any atom is 0.167 e. The lowest BCUT2D eigenvalue weighted by Crippen LogP contribution is -2.05. The zero-order chi connectivity index (χ0) is 13.1. The van der Waals surface area contributed by atoms with Crippen molar-refractivity contribution >= 4 is 17.4 Å². The highest BCUT2D eigenvalue weighted by Crippen LogP contribution is 2.15. The highest BCUT2D eigenvalue weighted by molar-refractivity contribution is 6.31. The van der Waals surface area contributed by atoms with E-state index in [9.17, 15) is 13.6 Å². The van der Waals surface area contributed by atoms with E-state index in [0.717, 1.165) is 12.1 Å². The van der Waals surface area contributed by atoms with Crippen LogP contribution in [0.2, 0.25) is 5.02 Å². The average Bonchev–Trinajstić information content (AvgIpc) is 2.32. The van der Waals surface area contributed by atoms with Crippen LogP contribution in [0, 0.1) is 11.6 Å². The molecule has 1 nitrogen and oxygen atoms in total. The summed E-state index contributed by atoms with van der Waals surface area (Å²) in [7, 11) is 0. The van der Waals surface area contributed by atoms with Gasteiger partial charge in [0.05, 0.1) is 0 Å². The van der Waals surface area contributed by atoms with Crippen molar-refractivity contribution in [2.24, 2.45) is 0 Å². The van der Waals surface area contributed by atoms with Crippen molar-refractivity contribution in [2.75, 3.05) is 0 Å². The molecule has 0 heterocycles. The standard InChI is InChI=1S/C14H9ClF2O/c15-11-3-1-2-10(6-11)14(18)7-9-4-5-12(16)8-13(9)17/h1-6,8H,7H2. The molecule has 0 fully saturated rings. The smallest absolute Gasteiger partial charge is 0.167 e. The van der Waals surface area contributed by atoms with Gasteiger partial charge in [0.1, 0.15) is 11.6 Å². The lowest BCUT2D eigenvalue weighted by atomic mass is 10.0. The van der Waals surface area contributed by atoms with E-state index >= 15 is 0 Å². The summed E-state index contributed by atoms with van der Waals surface area (Å²) >= 11 is 5.77. The maximum absolute atomic E-state index is 13.4. The van der Waals surface area contributed by atoms with E-state index in [0.29, 0.717) is 10.6 Å². The van der Waals surface area contributed by atoms with Crippen LogP contribution in [0.4, 0.5) is 8.78 Å². The van der Waals surface area contributed by atoms with Crippen molar-refractivity contribution in [1.29, 1.82) is 0 Å². The van der Waals surface area contributed by atoms with Crippen LogP contribution in [0.25, 0.3) is 0 Å². The van der Waals surface area contributed by atoms with Gasteiger partial charge in [-0.2, -0.15) is 0 Å². The summed E-state index contributed by atoms with van der Waals surface area (Å²) in [4.78, 5) is 11.9. The zero-order valence-corrected chi connectivity index (χ0v) is 10.0. The first-order valence-electron chi connectivity index (χ1n) is 5.29. The van der Waals surface area contributed by atoms with Crippen molar-refractivity contribution < 1.29 is 13.6 Å². The zero-order valence-electron chi connectivity index (χ0n) is 9.29. The Morgan fingerprint density at radius 2 is 1.89 bits per heavy atom. The van der Waals surface area contributed by atoms with Crippen LogP contribution in [-0.2, 0) is 6.42 Å². The van der Waals surface area contributed by atoms with Crippen LogP contribution in [0.1, 0.15) is 15.9 Å². The first-order valence-corrected chi connectivity index (χ1v) is 5.67. The second-order valence-corrected chi connectivity index (χ2v) is 4.28. The third-order valence-electron chi connectivity index (χ3n) is 2.51. The van der Waals surface area contributed by atoms with Crippen molar-refractivity contribution in [3.8, 4) is 0 Å². The molecule has 0 saturated carbocycles. The fourth-order valence-corrected chi connectivity index (χ4v) is 1.79. The predicted octanol–water partition coefficient (Wildman–Crippen LogP) is 4.04. The van der Waals surface area contributed by atoms with Gasteiger partial charge in [0.25, 0.3) is 0 Å². The van der Waals surface area contributed by atoms with Gasteiger partial charge < -0.3 is 0 Å². The maximum atomic E-state index is 13.4. The fourth-order valence-electron chi connectivity index (χ4n) is 1.60. The third kappa shape index (κ3) is 2.93. The highest BCUT2D eigenvalue weighted by Gasteiger charge is 2.11. The van der Waals surface area contributed by atoms with Gasteiger partial charge in [-0.05, 0) is 23.8 Å². The van der Waals surface area contributed by atoms with Crippen molar-refractivity contribution in [3.05, 3.63) is 70.2 Å². The number of benzene rings is 2. The van der Waals surface area contributed by atoms with E-state index < -0.39 is 11.6 Å². The Labute approximate surface area is 108 Å². The van der Waals surface area contributed by atoms with Crippen LogP contribution in [0.5, 0.6) is 0 Å². The molecule has 0 atom stereocenters. The van der Waals surface area contributed by atoms with Gasteiger partial charge >= 0.3 is 0 Å². The minimum atomic E-state index is -0.717. The van der Waals surface area contributed by atoms with Gasteiger partial charge in [0, 0.05) is 23.1 Å². The van der Waals surface area contributed by atoms with E-state index in [1.165, 1.54) is 12.1 Å². The molecule has 0 N–H and O–H groups in total. The molecule has 0 saturated heterocycles. The van der Waals surface area contributed by atoms with Crippen LogP contribution >= 0.6 is 11.6 Å². The number of carbonyl (C=O) groups excluding carboxylic acids is 1. The summed E-state index contributed by atoms with van der Waals surface area (Å²) < 4.78 is 26.1. The van der Waals surface area contributed by atoms with Gasteiger partial charge in [0.2, 0.25) is 0 Å². The molecular formula is C14H9ClF2O. The number of hydrogen-bond donors (Lipinski definition) is 0. The second-order valence-electron chi connectivity index (χ2n) is 3.85. The summed E-state index contributed by atoms with van der Waals surface area (Å²) in [5.41, 5.74) is 0.576. The first kappa shape index (κ1) is 12.7. The number of hydrogen-bond acceptors (Lipinski definition) is 1. The molecule has 0 aliphatic carbocycles. The number of carbonyl (C=O) groups is 1.